The van der Waals surface area contributed by atoms with Gasteiger partial charge in [-0.05, 0) is 12.1 Å². The van der Waals surface area contributed by atoms with Crippen molar-refractivity contribution in [3.05, 3.63) is 34.1 Å². The maximum absolute atomic E-state index is 13.0. The molecule has 0 spiro atoms. The molecule has 78 valence electrons. The summed E-state index contributed by atoms with van der Waals surface area (Å²) in [5, 5.41) is -0.302. The second-order valence-corrected chi connectivity index (χ2v) is 3.25. The van der Waals surface area contributed by atoms with Crippen LogP contribution in [-0.2, 0) is 12.1 Å². The first kappa shape index (κ1) is 11.6. The lowest BCUT2D eigenvalue weighted by molar-refractivity contribution is -0.138. The van der Waals surface area contributed by atoms with Crippen LogP contribution in [0.25, 0.3) is 0 Å². The molecule has 0 unspecified atom stereocenters. The van der Waals surface area contributed by atoms with E-state index in [-0.39, 0.29) is 5.02 Å². The zero-order valence-corrected chi connectivity index (χ0v) is 8.14. The van der Waals surface area contributed by atoms with Gasteiger partial charge < -0.3 is 0 Å². The van der Waals surface area contributed by atoms with E-state index in [0.717, 1.165) is 6.07 Å². The van der Waals surface area contributed by atoms with E-state index in [2.05, 4.69) is 0 Å². The van der Waals surface area contributed by atoms with Crippen LogP contribution in [0.5, 0.6) is 0 Å². The van der Waals surface area contributed by atoms with Gasteiger partial charge in [0.2, 0.25) is 0 Å². The van der Waals surface area contributed by atoms with E-state index in [1.807, 2.05) is 0 Å². The van der Waals surface area contributed by atoms with Crippen LogP contribution in [0, 0.1) is 5.82 Å². The summed E-state index contributed by atoms with van der Waals surface area (Å²) in [6, 6.07) is 1.46. The lowest BCUT2D eigenvalue weighted by Gasteiger charge is -2.12. The smallest absolute Gasteiger partial charge is 0.207 e. The second kappa shape index (κ2) is 3.95. The van der Waals surface area contributed by atoms with Crippen LogP contribution in [0.15, 0.2) is 12.1 Å². The summed E-state index contributed by atoms with van der Waals surface area (Å²) in [7, 11) is 0. The van der Waals surface area contributed by atoms with Crippen molar-refractivity contribution in [3.63, 3.8) is 0 Å². The van der Waals surface area contributed by atoms with Crippen molar-refractivity contribution in [2.24, 2.45) is 0 Å². The maximum atomic E-state index is 13.0. The van der Waals surface area contributed by atoms with Gasteiger partial charge in [0.15, 0.2) is 0 Å². The van der Waals surface area contributed by atoms with Gasteiger partial charge in [-0.2, -0.15) is 13.2 Å². The Morgan fingerprint density at radius 1 is 1.21 bits per heavy atom. The molecule has 0 bridgehead atoms. The lowest BCUT2D eigenvalue weighted by Crippen LogP contribution is -2.10. The number of hydrogen-bond acceptors (Lipinski definition) is 0. The normalized spacial score (nSPS) is 11.9. The zero-order chi connectivity index (χ0) is 10.9. The molecular weight excluding hydrogens is 243 g/mol. The zero-order valence-electron chi connectivity index (χ0n) is 6.63. The molecule has 0 aromatic heterocycles. The molecule has 0 N–H and O–H groups in total. The van der Waals surface area contributed by atoms with Crippen LogP contribution in [0.4, 0.5) is 17.6 Å². The minimum absolute atomic E-state index is 0.302. The number of halogens is 6. The Morgan fingerprint density at radius 2 is 1.79 bits per heavy atom. The van der Waals surface area contributed by atoms with E-state index in [4.69, 9.17) is 23.2 Å². The predicted molar refractivity (Wildman–Crippen MR) is 46.0 cm³/mol. The van der Waals surface area contributed by atoms with E-state index in [1.165, 1.54) is 0 Å². The van der Waals surface area contributed by atoms with Gasteiger partial charge in [-0.1, -0.05) is 11.6 Å². The molecule has 0 saturated carbocycles. The summed E-state index contributed by atoms with van der Waals surface area (Å²) in [6.45, 7) is 0. The Balaban J connectivity index is 3.40. The van der Waals surface area contributed by atoms with Gasteiger partial charge in [0, 0.05) is 10.6 Å². The highest BCUT2D eigenvalue weighted by atomic mass is 35.5. The molecule has 0 heterocycles. The fourth-order valence-electron chi connectivity index (χ4n) is 0.992. The summed E-state index contributed by atoms with van der Waals surface area (Å²) >= 11 is 10.5. The Bertz CT molecular complexity index is 346. The predicted octanol–water partition coefficient (Wildman–Crippen LogP) is 4.24. The quantitative estimate of drug-likeness (QED) is 0.514. The maximum Gasteiger partial charge on any atom is 0.416 e. The van der Waals surface area contributed by atoms with Crippen molar-refractivity contribution < 1.29 is 17.6 Å². The number of benzene rings is 1. The van der Waals surface area contributed by atoms with Crippen LogP contribution in [0.2, 0.25) is 5.02 Å². The van der Waals surface area contributed by atoms with E-state index >= 15 is 0 Å². The largest absolute Gasteiger partial charge is 0.416 e. The van der Waals surface area contributed by atoms with Gasteiger partial charge in [0.05, 0.1) is 11.4 Å². The summed E-state index contributed by atoms with van der Waals surface area (Å²) in [4.78, 5) is 0. The van der Waals surface area contributed by atoms with Gasteiger partial charge in [-0.25, -0.2) is 4.39 Å². The van der Waals surface area contributed by atoms with Crippen LogP contribution in [0.3, 0.4) is 0 Å². The van der Waals surface area contributed by atoms with E-state index in [1.54, 1.807) is 0 Å². The molecule has 0 nitrogen and oxygen atoms in total. The van der Waals surface area contributed by atoms with Crippen LogP contribution >= 0.6 is 23.2 Å². The van der Waals surface area contributed by atoms with Gasteiger partial charge in [0.25, 0.3) is 0 Å². The molecule has 0 atom stereocenters. The molecule has 0 amide bonds. The highest BCUT2D eigenvalue weighted by Gasteiger charge is 2.34. The van der Waals surface area contributed by atoms with Crippen LogP contribution in [0.1, 0.15) is 11.1 Å². The Labute approximate surface area is 87.4 Å². The molecule has 0 radical (unpaired) electrons. The van der Waals surface area contributed by atoms with Crippen LogP contribution in [-0.4, -0.2) is 0 Å². The van der Waals surface area contributed by atoms with Gasteiger partial charge in [-0.3, -0.25) is 0 Å². The fraction of sp³-hybridized carbons (Fsp3) is 0.250. The monoisotopic (exact) mass is 246 g/mol. The highest BCUT2D eigenvalue weighted by molar-refractivity contribution is 6.30. The molecular formula is C8H4Cl2F4. The van der Waals surface area contributed by atoms with E-state index in [0.29, 0.717) is 6.07 Å². The number of hydrogen-bond donors (Lipinski definition) is 0. The summed E-state index contributed by atoms with van der Waals surface area (Å²) in [5.41, 5.74) is -1.71. The third-order valence-corrected chi connectivity index (χ3v) is 2.08. The number of alkyl halides is 4. The van der Waals surface area contributed by atoms with Gasteiger partial charge in [-0.15, -0.1) is 11.6 Å². The van der Waals surface area contributed by atoms with Crippen molar-refractivity contribution in [2.45, 2.75) is 12.1 Å². The number of rotatable bonds is 1. The van der Waals surface area contributed by atoms with E-state index in [9.17, 15) is 17.6 Å². The second-order valence-electron chi connectivity index (χ2n) is 2.55. The minimum atomic E-state index is -4.64. The minimum Gasteiger partial charge on any atom is -0.207 e. The third kappa shape index (κ3) is 2.30. The average Bonchev–Trinajstić information content (AvgIpc) is 2.01. The van der Waals surface area contributed by atoms with Crippen molar-refractivity contribution in [2.75, 3.05) is 0 Å². The molecule has 14 heavy (non-hydrogen) atoms. The van der Waals surface area contributed by atoms with E-state index < -0.39 is 29.0 Å². The highest BCUT2D eigenvalue weighted by Crippen LogP contribution is 2.35. The van der Waals surface area contributed by atoms with Crippen molar-refractivity contribution in [1.82, 2.24) is 0 Å². The molecule has 6 heteroatoms. The van der Waals surface area contributed by atoms with Gasteiger partial charge in [0.1, 0.15) is 5.82 Å². The fourth-order valence-corrected chi connectivity index (χ4v) is 1.47. The molecule has 0 saturated heterocycles. The Morgan fingerprint density at radius 3 is 2.21 bits per heavy atom. The third-order valence-electron chi connectivity index (χ3n) is 1.60. The Kier molecular flexibility index (Phi) is 3.27. The molecule has 0 aliphatic heterocycles. The summed E-state index contributed by atoms with van der Waals surface area (Å²) in [6.07, 6.45) is -4.64. The summed E-state index contributed by atoms with van der Waals surface area (Å²) in [5.74, 6) is -1.59. The first-order valence-electron chi connectivity index (χ1n) is 3.47. The molecule has 1 aromatic rings. The average molecular weight is 247 g/mol. The first-order chi connectivity index (χ1) is 6.36. The summed E-state index contributed by atoms with van der Waals surface area (Å²) < 4.78 is 49.9. The standard InChI is InChI=1S/C8H4Cl2F4/c9-3-5-6(8(12,13)14)1-4(10)2-7(5)11/h1-2H,3H2. The van der Waals surface area contributed by atoms with Gasteiger partial charge >= 0.3 is 6.18 Å². The molecule has 0 aliphatic rings. The molecule has 0 fully saturated rings. The SMILES string of the molecule is Fc1cc(Cl)cc(C(F)(F)F)c1CCl. The lowest BCUT2D eigenvalue weighted by atomic mass is 10.1. The van der Waals surface area contributed by atoms with Crippen molar-refractivity contribution in [1.29, 1.82) is 0 Å². The van der Waals surface area contributed by atoms with Crippen molar-refractivity contribution in [3.8, 4) is 0 Å². The van der Waals surface area contributed by atoms with Crippen LogP contribution < -0.4 is 0 Å². The topological polar surface area (TPSA) is 0 Å². The molecule has 1 aromatic carbocycles. The first-order valence-corrected chi connectivity index (χ1v) is 4.38. The molecule has 0 aliphatic carbocycles. The molecule has 1 rings (SSSR count). The van der Waals surface area contributed by atoms with Crippen molar-refractivity contribution >= 4 is 23.2 Å². The Hall–Kier alpha value is -0.480.